The molecule has 0 fully saturated rings. The Labute approximate surface area is 83.9 Å². The van der Waals surface area contributed by atoms with Gasteiger partial charge in [0, 0.05) is 25.4 Å². The highest BCUT2D eigenvalue weighted by Gasteiger charge is 2.01. The Morgan fingerprint density at radius 1 is 1.57 bits per heavy atom. The zero-order chi connectivity index (χ0) is 10.2. The second-order valence-electron chi connectivity index (χ2n) is 3.12. The summed E-state index contributed by atoms with van der Waals surface area (Å²) in [7, 11) is 0. The SMILES string of the molecule is CCCOC(=O)CCCn1ccnc1. The van der Waals surface area contributed by atoms with Gasteiger partial charge in [0.1, 0.15) is 0 Å². The Hall–Kier alpha value is -1.32. The topological polar surface area (TPSA) is 44.1 Å². The first-order valence-corrected chi connectivity index (χ1v) is 4.94. The highest BCUT2D eigenvalue weighted by Crippen LogP contribution is 1.97. The molecular formula is C10H16N2O2. The first kappa shape index (κ1) is 10.8. The van der Waals surface area contributed by atoms with E-state index in [4.69, 9.17) is 4.74 Å². The number of hydrogen-bond acceptors (Lipinski definition) is 3. The molecule has 1 aromatic heterocycles. The minimum atomic E-state index is -0.105. The smallest absolute Gasteiger partial charge is 0.305 e. The van der Waals surface area contributed by atoms with Gasteiger partial charge in [0.15, 0.2) is 0 Å². The summed E-state index contributed by atoms with van der Waals surface area (Å²) >= 11 is 0. The van der Waals surface area contributed by atoms with Gasteiger partial charge in [-0.15, -0.1) is 0 Å². The summed E-state index contributed by atoms with van der Waals surface area (Å²) in [5, 5.41) is 0. The standard InChI is InChI=1S/C10H16N2O2/c1-2-8-14-10(13)4-3-6-12-7-5-11-9-12/h5,7,9H,2-4,6,8H2,1H3. The van der Waals surface area contributed by atoms with Crippen LogP contribution in [0.5, 0.6) is 0 Å². The number of esters is 1. The minimum absolute atomic E-state index is 0.105. The highest BCUT2D eigenvalue weighted by molar-refractivity contribution is 5.69. The van der Waals surface area contributed by atoms with E-state index in [1.807, 2.05) is 17.7 Å². The first-order valence-electron chi connectivity index (χ1n) is 4.94. The van der Waals surface area contributed by atoms with Gasteiger partial charge in [-0.1, -0.05) is 6.92 Å². The van der Waals surface area contributed by atoms with Gasteiger partial charge in [0.05, 0.1) is 12.9 Å². The van der Waals surface area contributed by atoms with E-state index in [0.29, 0.717) is 13.0 Å². The molecule has 0 spiro atoms. The molecule has 0 N–H and O–H groups in total. The minimum Gasteiger partial charge on any atom is -0.466 e. The Morgan fingerprint density at radius 3 is 3.07 bits per heavy atom. The first-order chi connectivity index (χ1) is 6.83. The quantitative estimate of drug-likeness (QED) is 0.649. The number of aromatic nitrogens is 2. The van der Waals surface area contributed by atoms with Crippen molar-refractivity contribution in [3.05, 3.63) is 18.7 Å². The van der Waals surface area contributed by atoms with Crippen molar-refractivity contribution in [3.8, 4) is 0 Å². The summed E-state index contributed by atoms with van der Waals surface area (Å²) in [6.45, 7) is 3.34. The lowest BCUT2D eigenvalue weighted by atomic mass is 10.3. The molecule has 0 amide bonds. The Morgan fingerprint density at radius 2 is 2.43 bits per heavy atom. The summed E-state index contributed by atoms with van der Waals surface area (Å²) in [5.41, 5.74) is 0. The van der Waals surface area contributed by atoms with Crippen LogP contribution in [0.3, 0.4) is 0 Å². The van der Waals surface area contributed by atoms with Crippen molar-refractivity contribution in [1.82, 2.24) is 9.55 Å². The second kappa shape index (κ2) is 6.18. The largest absolute Gasteiger partial charge is 0.466 e. The molecule has 0 aliphatic carbocycles. The van der Waals surface area contributed by atoms with Gasteiger partial charge >= 0.3 is 5.97 Å². The lowest BCUT2D eigenvalue weighted by Gasteiger charge is -2.03. The lowest BCUT2D eigenvalue weighted by molar-refractivity contribution is -0.143. The number of imidazole rings is 1. The second-order valence-corrected chi connectivity index (χ2v) is 3.12. The molecule has 0 unspecified atom stereocenters. The maximum absolute atomic E-state index is 11.1. The molecule has 0 aliphatic heterocycles. The predicted octanol–water partition coefficient (Wildman–Crippen LogP) is 1.62. The van der Waals surface area contributed by atoms with Crippen LogP contribution in [0.15, 0.2) is 18.7 Å². The Bertz CT molecular complexity index is 257. The van der Waals surface area contributed by atoms with E-state index in [0.717, 1.165) is 19.4 Å². The maximum atomic E-state index is 11.1. The van der Waals surface area contributed by atoms with Crippen LogP contribution in [0.1, 0.15) is 26.2 Å². The fourth-order valence-corrected chi connectivity index (χ4v) is 1.11. The van der Waals surface area contributed by atoms with Gasteiger partial charge in [0.25, 0.3) is 0 Å². The average Bonchev–Trinajstić information content (AvgIpc) is 2.67. The summed E-state index contributed by atoms with van der Waals surface area (Å²) in [6, 6.07) is 0. The van der Waals surface area contributed by atoms with Gasteiger partial charge in [0.2, 0.25) is 0 Å². The summed E-state index contributed by atoms with van der Waals surface area (Å²) in [4.78, 5) is 15.0. The van der Waals surface area contributed by atoms with Crippen LogP contribution in [0.4, 0.5) is 0 Å². The van der Waals surface area contributed by atoms with Crippen LogP contribution in [0, 0.1) is 0 Å². The van der Waals surface area contributed by atoms with Crippen molar-refractivity contribution in [3.63, 3.8) is 0 Å². The van der Waals surface area contributed by atoms with Crippen LogP contribution in [-0.4, -0.2) is 22.1 Å². The van der Waals surface area contributed by atoms with Crippen molar-refractivity contribution < 1.29 is 9.53 Å². The number of carbonyl (C=O) groups is 1. The fourth-order valence-electron chi connectivity index (χ4n) is 1.11. The zero-order valence-corrected chi connectivity index (χ0v) is 8.48. The van der Waals surface area contributed by atoms with E-state index in [1.54, 1.807) is 12.5 Å². The van der Waals surface area contributed by atoms with E-state index >= 15 is 0 Å². The van der Waals surface area contributed by atoms with Crippen LogP contribution < -0.4 is 0 Å². The number of nitrogens with zero attached hydrogens (tertiary/aromatic N) is 2. The molecule has 4 nitrogen and oxygen atoms in total. The average molecular weight is 196 g/mol. The molecule has 0 bridgehead atoms. The number of ether oxygens (including phenoxy) is 1. The van der Waals surface area contributed by atoms with E-state index in [-0.39, 0.29) is 5.97 Å². The van der Waals surface area contributed by atoms with E-state index < -0.39 is 0 Å². The molecule has 0 saturated carbocycles. The van der Waals surface area contributed by atoms with Crippen molar-refractivity contribution in [2.45, 2.75) is 32.7 Å². The molecule has 1 aromatic rings. The normalized spacial score (nSPS) is 10.1. The van der Waals surface area contributed by atoms with Crippen LogP contribution in [-0.2, 0) is 16.1 Å². The van der Waals surface area contributed by atoms with Crippen molar-refractivity contribution >= 4 is 5.97 Å². The molecule has 0 aromatic carbocycles. The molecule has 0 radical (unpaired) electrons. The Balaban J connectivity index is 2.06. The van der Waals surface area contributed by atoms with Gasteiger partial charge < -0.3 is 9.30 Å². The van der Waals surface area contributed by atoms with Gasteiger partial charge in [-0.25, -0.2) is 4.98 Å². The number of rotatable bonds is 6. The van der Waals surface area contributed by atoms with Crippen molar-refractivity contribution in [1.29, 1.82) is 0 Å². The summed E-state index contributed by atoms with van der Waals surface area (Å²) < 4.78 is 6.90. The van der Waals surface area contributed by atoms with Crippen LogP contribution in [0.2, 0.25) is 0 Å². The van der Waals surface area contributed by atoms with Crippen molar-refractivity contribution in [2.24, 2.45) is 0 Å². The molecule has 78 valence electrons. The zero-order valence-electron chi connectivity index (χ0n) is 8.48. The van der Waals surface area contributed by atoms with Crippen LogP contribution in [0.25, 0.3) is 0 Å². The third kappa shape index (κ3) is 4.07. The number of carbonyl (C=O) groups excluding carboxylic acids is 1. The van der Waals surface area contributed by atoms with Crippen LogP contribution >= 0.6 is 0 Å². The number of aryl methyl sites for hydroxylation is 1. The molecule has 14 heavy (non-hydrogen) atoms. The maximum Gasteiger partial charge on any atom is 0.305 e. The number of hydrogen-bond donors (Lipinski definition) is 0. The summed E-state index contributed by atoms with van der Waals surface area (Å²) in [5.74, 6) is -0.105. The third-order valence-electron chi connectivity index (χ3n) is 1.82. The molecule has 4 heteroatoms. The third-order valence-corrected chi connectivity index (χ3v) is 1.82. The highest BCUT2D eigenvalue weighted by atomic mass is 16.5. The molecule has 1 rings (SSSR count). The van der Waals surface area contributed by atoms with E-state index in [1.165, 1.54) is 0 Å². The fraction of sp³-hybridized carbons (Fsp3) is 0.600. The van der Waals surface area contributed by atoms with Gasteiger partial charge in [-0.05, 0) is 12.8 Å². The molecule has 1 heterocycles. The summed E-state index contributed by atoms with van der Waals surface area (Å²) in [6.07, 6.45) is 7.54. The van der Waals surface area contributed by atoms with Gasteiger partial charge in [-0.3, -0.25) is 4.79 Å². The molecule has 0 aliphatic rings. The molecule has 0 atom stereocenters. The van der Waals surface area contributed by atoms with E-state index in [9.17, 15) is 4.79 Å². The van der Waals surface area contributed by atoms with Crippen molar-refractivity contribution in [2.75, 3.05) is 6.61 Å². The Kier molecular flexibility index (Phi) is 4.75. The predicted molar refractivity (Wildman–Crippen MR) is 52.7 cm³/mol. The van der Waals surface area contributed by atoms with Gasteiger partial charge in [-0.2, -0.15) is 0 Å². The molecular weight excluding hydrogens is 180 g/mol. The molecule has 0 saturated heterocycles. The lowest BCUT2D eigenvalue weighted by Crippen LogP contribution is -2.06. The van der Waals surface area contributed by atoms with E-state index in [2.05, 4.69) is 4.98 Å². The monoisotopic (exact) mass is 196 g/mol.